The van der Waals surface area contributed by atoms with E-state index in [1.165, 1.54) is 0 Å². The highest BCUT2D eigenvalue weighted by Crippen LogP contribution is 2.25. The van der Waals surface area contributed by atoms with Gasteiger partial charge in [0.25, 0.3) is 0 Å². The van der Waals surface area contributed by atoms with Gasteiger partial charge in [0, 0.05) is 18.1 Å². The maximum Gasteiger partial charge on any atom is 0.0878 e. The van der Waals surface area contributed by atoms with Gasteiger partial charge in [-0.3, -0.25) is 15.5 Å². The van der Waals surface area contributed by atoms with Gasteiger partial charge in [-0.25, -0.2) is 5.43 Å². The molecule has 3 aromatic rings. The summed E-state index contributed by atoms with van der Waals surface area (Å²) in [6.45, 7) is 4.89. The summed E-state index contributed by atoms with van der Waals surface area (Å²) in [6, 6.07) is 12.2. The lowest BCUT2D eigenvalue weighted by Gasteiger charge is -2.18. The van der Waals surface area contributed by atoms with E-state index in [4.69, 9.17) is 5.84 Å². The van der Waals surface area contributed by atoms with Gasteiger partial charge in [-0.2, -0.15) is 5.10 Å². The first kappa shape index (κ1) is 13.7. The molecule has 21 heavy (non-hydrogen) atoms. The lowest BCUT2D eigenvalue weighted by atomic mass is 10.0. The fraction of sp³-hybridized carbons (Fsp3) is 0.250. The van der Waals surface area contributed by atoms with Crippen molar-refractivity contribution in [1.29, 1.82) is 0 Å². The van der Waals surface area contributed by atoms with Crippen LogP contribution < -0.4 is 11.3 Å². The van der Waals surface area contributed by atoms with Gasteiger partial charge in [0.15, 0.2) is 0 Å². The first-order valence-electron chi connectivity index (χ1n) is 7.08. The molecular weight excluding hydrogens is 262 g/mol. The molecule has 0 saturated carbocycles. The van der Waals surface area contributed by atoms with E-state index in [2.05, 4.69) is 46.7 Å². The number of aromatic nitrogens is 3. The number of nitrogens with one attached hydrogen (secondary N) is 1. The molecule has 0 saturated heterocycles. The second-order valence-corrected chi connectivity index (χ2v) is 5.08. The van der Waals surface area contributed by atoms with Crippen LogP contribution in [0.25, 0.3) is 10.9 Å². The van der Waals surface area contributed by atoms with Crippen molar-refractivity contribution < 1.29 is 0 Å². The molecule has 0 fully saturated rings. The molecule has 0 spiro atoms. The molecule has 3 rings (SSSR count). The highest BCUT2D eigenvalue weighted by molar-refractivity contribution is 5.79. The van der Waals surface area contributed by atoms with Gasteiger partial charge >= 0.3 is 0 Å². The number of nitrogens with two attached hydrogens (primary N) is 1. The Morgan fingerprint density at radius 3 is 2.90 bits per heavy atom. The predicted octanol–water partition coefficient (Wildman–Crippen LogP) is 2.31. The summed E-state index contributed by atoms with van der Waals surface area (Å²) in [5.74, 6) is 5.81. The monoisotopic (exact) mass is 281 g/mol. The number of hydrogen-bond donors (Lipinski definition) is 2. The van der Waals surface area contributed by atoms with Gasteiger partial charge in [0.05, 0.1) is 22.9 Å². The molecular formula is C16H19N5. The Bertz CT molecular complexity index is 762. The molecule has 108 valence electrons. The first-order chi connectivity index (χ1) is 10.2. The van der Waals surface area contributed by atoms with Crippen molar-refractivity contribution in [2.45, 2.75) is 26.4 Å². The Morgan fingerprint density at radius 2 is 2.14 bits per heavy atom. The minimum Gasteiger partial charge on any atom is -0.271 e. The number of pyridine rings is 1. The smallest absolute Gasteiger partial charge is 0.0878 e. The van der Waals surface area contributed by atoms with Crippen LogP contribution in [0.3, 0.4) is 0 Å². The molecule has 0 radical (unpaired) electrons. The molecule has 1 atom stereocenters. The summed E-state index contributed by atoms with van der Waals surface area (Å²) in [5, 5.41) is 5.60. The summed E-state index contributed by atoms with van der Waals surface area (Å²) in [7, 11) is 0. The molecule has 5 heteroatoms. The summed E-state index contributed by atoms with van der Waals surface area (Å²) in [5.41, 5.74) is 7.06. The number of benzene rings is 1. The topological polar surface area (TPSA) is 68.8 Å². The normalized spacial score (nSPS) is 12.7. The zero-order valence-electron chi connectivity index (χ0n) is 12.2. The number of rotatable bonds is 4. The second-order valence-electron chi connectivity index (χ2n) is 5.08. The van der Waals surface area contributed by atoms with Crippen molar-refractivity contribution in [1.82, 2.24) is 20.2 Å². The van der Waals surface area contributed by atoms with Crippen LogP contribution in [-0.2, 0) is 6.54 Å². The van der Waals surface area contributed by atoms with Gasteiger partial charge in [0.1, 0.15) is 0 Å². The molecule has 0 aliphatic heterocycles. The van der Waals surface area contributed by atoms with Crippen LogP contribution in [-0.4, -0.2) is 14.8 Å². The lowest BCUT2D eigenvalue weighted by molar-refractivity contribution is 0.542. The average molecular weight is 281 g/mol. The van der Waals surface area contributed by atoms with Crippen LogP contribution in [0, 0.1) is 6.92 Å². The summed E-state index contributed by atoms with van der Waals surface area (Å²) in [4.78, 5) is 4.35. The molecule has 3 N–H and O–H groups in total. The summed E-state index contributed by atoms with van der Waals surface area (Å²) < 4.78 is 1.98. The zero-order valence-corrected chi connectivity index (χ0v) is 12.2. The standard InChI is InChI=1S/C16H19N5/c1-3-21-15(9-11(2)20-21)16(19-17)13-6-7-14-12(10-13)5-4-8-18-14/h4-10,16,19H,3,17H2,1-2H3. The number of fused-ring (bicyclic) bond motifs is 1. The molecule has 2 heterocycles. The Kier molecular flexibility index (Phi) is 3.68. The van der Waals surface area contributed by atoms with Crippen molar-refractivity contribution in [2.75, 3.05) is 0 Å². The van der Waals surface area contributed by atoms with Crippen molar-refractivity contribution in [3.05, 3.63) is 59.5 Å². The third kappa shape index (κ3) is 2.53. The van der Waals surface area contributed by atoms with Gasteiger partial charge in [0.2, 0.25) is 0 Å². The minimum atomic E-state index is -0.0873. The third-order valence-electron chi connectivity index (χ3n) is 3.66. The van der Waals surface area contributed by atoms with Crippen LogP contribution in [0.2, 0.25) is 0 Å². The van der Waals surface area contributed by atoms with E-state index < -0.39 is 0 Å². The number of aryl methyl sites for hydroxylation is 2. The molecule has 0 bridgehead atoms. The van der Waals surface area contributed by atoms with E-state index in [0.29, 0.717) is 0 Å². The van der Waals surface area contributed by atoms with Crippen LogP contribution in [0.15, 0.2) is 42.6 Å². The van der Waals surface area contributed by atoms with Gasteiger partial charge in [-0.05, 0) is 43.7 Å². The predicted molar refractivity (Wildman–Crippen MR) is 83.5 cm³/mol. The largest absolute Gasteiger partial charge is 0.271 e. The van der Waals surface area contributed by atoms with Crippen molar-refractivity contribution in [3.8, 4) is 0 Å². The average Bonchev–Trinajstić information content (AvgIpc) is 2.89. The SMILES string of the molecule is CCn1nc(C)cc1C(NN)c1ccc2ncccc2c1. The minimum absolute atomic E-state index is 0.0873. The maximum absolute atomic E-state index is 5.81. The quantitative estimate of drug-likeness (QED) is 0.569. The van der Waals surface area contributed by atoms with E-state index in [9.17, 15) is 0 Å². The number of hydrazine groups is 1. The van der Waals surface area contributed by atoms with Crippen molar-refractivity contribution in [3.63, 3.8) is 0 Å². The van der Waals surface area contributed by atoms with Crippen molar-refractivity contribution >= 4 is 10.9 Å². The first-order valence-corrected chi connectivity index (χ1v) is 7.08. The van der Waals surface area contributed by atoms with Gasteiger partial charge in [-0.15, -0.1) is 0 Å². The highest BCUT2D eigenvalue weighted by atomic mass is 15.3. The van der Waals surface area contributed by atoms with Gasteiger partial charge < -0.3 is 0 Å². The van der Waals surface area contributed by atoms with Crippen LogP contribution >= 0.6 is 0 Å². The summed E-state index contributed by atoms with van der Waals surface area (Å²) >= 11 is 0. The van der Waals surface area contributed by atoms with Crippen LogP contribution in [0.5, 0.6) is 0 Å². The summed E-state index contributed by atoms with van der Waals surface area (Å²) in [6.07, 6.45) is 1.80. The Labute approximate surface area is 123 Å². The van der Waals surface area contributed by atoms with Crippen LogP contribution in [0.4, 0.5) is 0 Å². The van der Waals surface area contributed by atoms with E-state index in [1.54, 1.807) is 6.20 Å². The Hall–Kier alpha value is -2.24. The number of hydrogen-bond acceptors (Lipinski definition) is 4. The molecule has 0 amide bonds. The number of nitrogens with zero attached hydrogens (tertiary/aromatic N) is 3. The van der Waals surface area contributed by atoms with Crippen molar-refractivity contribution in [2.24, 2.45) is 5.84 Å². The molecule has 1 unspecified atom stereocenters. The van der Waals surface area contributed by atoms with Gasteiger partial charge in [-0.1, -0.05) is 12.1 Å². The fourth-order valence-corrected chi connectivity index (χ4v) is 2.68. The third-order valence-corrected chi connectivity index (χ3v) is 3.66. The molecule has 0 aliphatic carbocycles. The molecule has 1 aromatic carbocycles. The Balaban J connectivity index is 2.08. The molecule has 0 aliphatic rings. The second kappa shape index (κ2) is 5.63. The highest BCUT2D eigenvalue weighted by Gasteiger charge is 2.18. The lowest BCUT2D eigenvalue weighted by Crippen LogP contribution is -2.30. The van der Waals surface area contributed by atoms with E-state index in [0.717, 1.165) is 34.4 Å². The van der Waals surface area contributed by atoms with E-state index >= 15 is 0 Å². The van der Waals surface area contributed by atoms with Crippen LogP contribution in [0.1, 0.15) is 29.9 Å². The zero-order chi connectivity index (χ0) is 14.8. The fourth-order valence-electron chi connectivity index (χ4n) is 2.68. The molecule has 5 nitrogen and oxygen atoms in total. The maximum atomic E-state index is 5.81. The molecule has 2 aromatic heterocycles. The van der Waals surface area contributed by atoms with E-state index in [1.807, 2.05) is 23.7 Å². The van der Waals surface area contributed by atoms with E-state index in [-0.39, 0.29) is 6.04 Å². The Morgan fingerprint density at radius 1 is 1.29 bits per heavy atom.